The molecule has 2 heteroatoms. The molecule has 1 rings (SSSR count). The maximum Gasteiger partial charge on any atom is 0.308 e. The summed E-state index contributed by atoms with van der Waals surface area (Å²) in [7, 11) is 0. The molecule has 0 spiro atoms. The third kappa shape index (κ3) is 4.98. The van der Waals surface area contributed by atoms with E-state index < -0.39 is 0 Å². The van der Waals surface area contributed by atoms with Crippen LogP contribution in [-0.2, 0) is 0 Å². The van der Waals surface area contributed by atoms with Crippen molar-refractivity contribution in [3.8, 4) is 6.19 Å². The van der Waals surface area contributed by atoms with Crippen LogP contribution in [0.15, 0.2) is 0 Å². The molecule has 18 heavy (non-hydrogen) atoms. The highest BCUT2D eigenvalue weighted by molar-refractivity contribution is 4.72. The molecule has 0 aromatic carbocycles. The van der Waals surface area contributed by atoms with Gasteiger partial charge in [-0.2, -0.15) is 0 Å². The van der Waals surface area contributed by atoms with Crippen LogP contribution in [0.5, 0.6) is 0 Å². The van der Waals surface area contributed by atoms with Gasteiger partial charge in [0.25, 0.3) is 0 Å². The Hall–Kier alpha value is -0.550. The minimum absolute atomic E-state index is 0.748. The van der Waals surface area contributed by atoms with Crippen molar-refractivity contribution in [2.75, 3.05) is 19.6 Å². The van der Waals surface area contributed by atoms with Gasteiger partial charge in [-0.05, 0) is 19.3 Å². The van der Waals surface area contributed by atoms with Crippen molar-refractivity contribution in [3.63, 3.8) is 0 Å². The molecule has 2 unspecified atom stereocenters. The second-order valence-electron chi connectivity index (χ2n) is 6.09. The summed E-state index contributed by atoms with van der Waals surface area (Å²) in [6.45, 7) is 7.85. The lowest BCUT2D eigenvalue weighted by Crippen LogP contribution is -2.41. The molecular weight excluding hydrogens is 220 g/mol. The minimum atomic E-state index is 0.748. The number of hydrogen-bond acceptors (Lipinski definition) is 1. The molecule has 0 bridgehead atoms. The quantitative estimate of drug-likeness (QED) is 0.337. The molecule has 0 aromatic rings. The average Bonchev–Trinajstić information content (AvgIpc) is 2.78. The van der Waals surface area contributed by atoms with Crippen LogP contribution >= 0.6 is 0 Å². The first kappa shape index (κ1) is 15.5. The second kappa shape index (κ2) is 8.53. The predicted octanol–water partition coefficient (Wildman–Crippen LogP) is 4.46. The molecule has 2 nitrogen and oxygen atoms in total. The smallest absolute Gasteiger partial charge is 0.223 e. The predicted molar refractivity (Wildman–Crippen MR) is 76.9 cm³/mol. The van der Waals surface area contributed by atoms with Crippen LogP contribution < -0.4 is 0 Å². The maximum absolute atomic E-state index is 9.47. The molecule has 0 aromatic heterocycles. The fourth-order valence-corrected chi connectivity index (χ4v) is 3.29. The van der Waals surface area contributed by atoms with Gasteiger partial charge in [-0.25, -0.2) is 4.48 Å². The summed E-state index contributed by atoms with van der Waals surface area (Å²) < 4.78 is 0.748. The van der Waals surface area contributed by atoms with E-state index in [0.29, 0.717) is 0 Å². The van der Waals surface area contributed by atoms with Gasteiger partial charge in [-0.1, -0.05) is 46.0 Å². The van der Waals surface area contributed by atoms with Crippen molar-refractivity contribution in [1.29, 1.82) is 5.26 Å². The lowest BCUT2D eigenvalue weighted by Gasteiger charge is -2.24. The van der Waals surface area contributed by atoms with E-state index in [1.807, 2.05) is 0 Å². The first-order valence-electron chi connectivity index (χ1n) is 8.03. The zero-order valence-electron chi connectivity index (χ0n) is 12.5. The summed E-state index contributed by atoms with van der Waals surface area (Å²) >= 11 is 0. The molecule has 0 N–H and O–H groups in total. The molecule has 0 radical (unpaired) electrons. The van der Waals surface area contributed by atoms with E-state index >= 15 is 0 Å². The normalized spacial score (nSPS) is 27.3. The van der Waals surface area contributed by atoms with Gasteiger partial charge in [-0.15, -0.1) is 5.26 Å². The van der Waals surface area contributed by atoms with Gasteiger partial charge in [0, 0.05) is 12.3 Å². The Bertz CT molecular complexity index is 256. The molecule has 1 saturated heterocycles. The summed E-state index contributed by atoms with van der Waals surface area (Å²) in [5, 5.41) is 9.47. The van der Waals surface area contributed by atoms with Gasteiger partial charge >= 0.3 is 6.19 Å². The van der Waals surface area contributed by atoms with Crippen molar-refractivity contribution in [2.45, 2.75) is 71.6 Å². The van der Waals surface area contributed by atoms with Crippen molar-refractivity contribution in [2.24, 2.45) is 5.92 Å². The molecule has 0 aliphatic carbocycles. The summed E-state index contributed by atoms with van der Waals surface area (Å²) in [6.07, 6.45) is 14.5. The first-order valence-corrected chi connectivity index (χ1v) is 8.03. The molecule has 1 fully saturated rings. The largest absolute Gasteiger partial charge is 0.308 e. The van der Waals surface area contributed by atoms with Gasteiger partial charge in [0.1, 0.15) is 0 Å². The van der Waals surface area contributed by atoms with E-state index in [9.17, 15) is 5.26 Å². The molecule has 0 saturated carbocycles. The Balaban J connectivity index is 2.20. The van der Waals surface area contributed by atoms with Crippen molar-refractivity contribution < 1.29 is 4.48 Å². The maximum atomic E-state index is 9.47. The molecule has 1 aliphatic heterocycles. The zero-order chi connectivity index (χ0) is 13.3. The third-order valence-corrected chi connectivity index (χ3v) is 4.42. The second-order valence-corrected chi connectivity index (χ2v) is 6.09. The number of quaternary nitrogens is 1. The number of nitrogens with zero attached hydrogens (tertiary/aromatic N) is 2. The van der Waals surface area contributed by atoms with E-state index in [1.165, 1.54) is 57.8 Å². The van der Waals surface area contributed by atoms with E-state index in [1.54, 1.807) is 0 Å². The van der Waals surface area contributed by atoms with Crippen LogP contribution in [-0.4, -0.2) is 24.1 Å². The molecule has 2 atom stereocenters. The topological polar surface area (TPSA) is 23.8 Å². The number of rotatable bonds is 9. The van der Waals surface area contributed by atoms with E-state index in [4.69, 9.17) is 0 Å². The molecule has 1 aliphatic rings. The van der Waals surface area contributed by atoms with Crippen molar-refractivity contribution >= 4 is 0 Å². The van der Waals surface area contributed by atoms with Gasteiger partial charge in [0.15, 0.2) is 0 Å². The highest BCUT2D eigenvalue weighted by Gasteiger charge is 2.37. The number of hydrogen-bond donors (Lipinski definition) is 0. The summed E-state index contributed by atoms with van der Waals surface area (Å²) in [5.41, 5.74) is 0. The van der Waals surface area contributed by atoms with Crippen LogP contribution in [0.4, 0.5) is 0 Å². The lowest BCUT2D eigenvalue weighted by atomic mass is 10.0. The Morgan fingerprint density at radius 2 is 1.78 bits per heavy atom. The summed E-state index contributed by atoms with van der Waals surface area (Å²) in [4.78, 5) is 0. The number of unbranched alkanes of at least 4 members (excludes halogenated alkanes) is 5. The minimum Gasteiger partial charge on any atom is -0.223 e. The highest BCUT2D eigenvalue weighted by Crippen LogP contribution is 2.27. The summed E-state index contributed by atoms with van der Waals surface area (Å²) in [6, 6.07) is 0. The van der Waals surface area contributed by atoms with Gasteiger partial charge < -0.3 is 0 Å². The third-order valence-electron chi connectivity index (χ3n) is 4.42. The van der Waals surface area contributed by atoms with Crippen LogP contribution in [0.2, 0.25) is 0 Å². The fourth-order valence-electron chi connectivity index (χ4n) is 3.29. The lowest BCUT2D eigenvalue weighted by molar-refractivity contribution is -0.855. The molecule has 0 amide bonds. The van der Waals surface area contributed by atoms with Gasteiger partial charge in [0.2, 0.25) is 0 Å². The van der Waals surface area contributed by atoms with E-state index in [2.05, 4.69) is 20.0 Å². The van der Waals surface area contributed by atoms with Crippen molar-refractivity contribution in [3.05, 3.63) is 0 Å². The van der Waals surface area contributed by atoms with Crippen LogP contribution in [0.3, 0.4) is 0 Å². The van der Waals surface area contributed by atoms with Crippen LogP contribution in [0.25, 0.3) is 0 Å². The molecule has 1 heterocycles. The Morgan fingerprint density at radius 3 is 2.44 bits per heavy atom. The standard InChI is InChI=1S/C16H31N2/c1-3-5-6-7-8-9-12-18(15-17)13-11-16(14-18)10-4-2/h16H,3-14H2,1-2H3/q+1. The zero-order valence-corrected chi connectivity index (χ0v) is 12.5. The van der Waals surface area contributed by atoms with E-state index in [0.717, 1.165) is 30.0 Å². The van der Waals surface area contributed by atoms with Crippen LogP contribution in [0.1, 0.15) is 71.6 Å². The van der Waals surface area contributed by atoms with Crippen molar-refractivity contribution in [1.82, 2.24) is 0 Å². The SMILES string of the molecule is CCCCCCCC[N+]1(C#N)CCC(CCC)C1. The Morgan fingerprint density at radius 1 is 1.06 bits per heavy atom. The van der Waals surface area contributed by atoms with Crippen LogP contribution in [0, 0.1) is 17.4 Å². The first-order chi connectivity index (χ1) is 8.76. The molecule has 104 valence electrons. The highest BCUT2D eigenvalue weighted by atomic mass is 15.4. The van der Waals surface area contributed by atoms with E-state index in [-0.39, 0.29) is 0 Å². The monoisotopic (exact) mass is 251 g/mol. The van der Waals surface area contributed by atoms with Gasteiger partial charge in [-0.3, -0.25) is 0 Å². The Kier molecular flexibility index (Phi) is 7.35. The number of nitriles is 1. The summed E-state index contributed by atoms with van der Waals surface area (Å²) in [5.74, 6) is 0.815. The molecular formula is C16H31N2+. The fraction of sp³-hybridized carbons (Fsp3) is 0.938. The van der Waals surface area contributed by atoms with Gasteiger partial charge in [0.05, 0.1) is 19.6 Å². The Labute approximate surface area is 114 Å². The average molecular weight is 251 g/mol. The number of likely N-dealkylation sites (tertiary alicyclic amines) is 1.